The van der Waals surface area contributed by atoms with Gasteiger partial charge in [0, 0.05) is 19.0 Å². The van der Waals surface area contributed by atoms with Crippen molar-refractivity contribution < 1.29 is 14.1 Å². The van der Waals surface area contributed by atoms with Crippen LogP contribution in [-0.2, 0) is 16.0 Å². The average Bonchev–Trinajstić information content (AvgIpc) is 2.87. The smallest absolute Gasteiger partial charge is 0.302 e. The summed E-state index contributed by atoms with van der Waals surface area (Å²) in [7, 11) is 0. The lowest BCUT2D eigenvalue weighted by atomic mass is 10.2. The lowest BCUT2D eigenvalue weighted by Gasteiger charge is -2.11. The first-order valence-electron chi connectivity index (χ1n) is 5.94. The van der Waals surface area contributed by atoms with Gasteiger partial charge in [-0.25, -0.2) is 0 Å². The molecule has 6 heteroatoms. The average molecular weight is 261 g/mol. The van der Waals surface area contributed by atoms with Crippen LogP contribution in [0, 0.1) is 0 Å². The molecule has 0 bridgehead atoms. The molecule has 0 spiro atoms. The van der Waals surface area contributed by atoms with Crippen LogP contribution >= 0.6 is 0 Å². The van der Waals surface area contributed by atoms with Crippen molar-refractivity contribution in [1.29, 1.82) is 0 Å². The highest BCUT2D eigenvalue weighted by molar-refractivity contribution is 5.66. The molecule has 0 saturated carbocycles. The van der Waals surface area contributed by atoms with Gasteiger partial charge < -0.3 is 15.0 Å². The maximum atomic E-state index is 10.9. The summed E-state index contributed by atoms with van der Waals surface area (Å²) in [6.07, 6.45) is -0.128. The summed E-state index contributed by atoms with van der Waals surface area (Å²) < 4.78 is 10.2. The first-order valence-corrected chi connectivity index (χ1v) is 5.94. The normalized spacial score (nSPS) is 12.1. The number of carbonyl (C=O) groups excluding carboxylic acids is 1. The zero-order valence-corrected chi connectivity index (χ0v) is 10.6. The number of hydrogen-bond donors (Lipinski definition) is 1. The maximum absolute atomic E-state index is 10.9. The molecule has 0 aliphatic carbocycles. The molecule has 2 rings (SSSR count). The lowest BCUT2D eigenvalue weighted by Crippen LogP contribution is -2.28. The SMILES string of the molecule is CC(=O)OC(CN)Cc1nc(-c2ccccc2)no1. The number of rotatable bonds is 5. The van der Waals surface area contributed by atoms with E-state index in [1.54, 1.807) is 0 Å². The summed E-state index contributed by atoms with van der Waals surface area (Å²) >= 11 is 0. The summed E-state index contributed by atoms with van der Waals surface area (Å²) in [5, 5.41) is 3.89. The van der Waals surface area contributed by atoms with E-state index in [0.717, 1.165) is 5.56 Å². The van der Waals surface area contributed by atoms with Gasteiger partial charge in [0.05, 0.1) is 6.42 Å². The first kappa shape index (κ1) is 13.2. The number of carbonyl (C=O) groups is 1. The van der Waals surface area contributed by atoms with E-state index in [1.807, 2.05) is 30.3 Å². The molecule has 1 aromatic heterocycles. The third-order valence-corrected chi connectivity index (χ3v) is 2.50. The Morgan fingerprint density at radius 2 is 2.16 bits per heavy atom. The summed E-state index contributed by atoms with van der Waals surface area (Å²) in [5.74, 6) is 0.531. The van der Waals surface area contributed by atoms with Gasteiger partial charge in [0.25, 0.3) is 0 Å². The molecule has 0 amide bonds. The van der Waals surface area contributed by atoms with Gasteiger partial charge in [-0.05, 0) is 0 Å². The summed E-state index contributed by atoms with van der Waals surface area (Å²) in [4.78, 5) is 15.1. The Labute approximate surface area is 110 Å². The highest BCUT2D eigenvalue weighted by atomic mass is 16.5. The molecule has 1 heterocycles. The van der Waals surface area contributed by atoms with Crippen LogP contribution in [0.3, 0.4) is 0 Å². The van der Waals surface area contributed by atoms with Gasteiger partial charge in [-0.3, -0.25) is 4.79 Å². The molecule has 2 N–H and O–H groups in total. The minimum absolute atomic E-state index is 0.211. The van der Waals surface area contributed by atoms with Gasteiger partial charge in [-0.15, -0.1) is 0 Å². The quantitative estimate of drug-likeness (QED) is 0.812. The van der Waals surface area contributed by atoms with Crippen LogP contribution in [0.4, 0.5) is 0 Å². The molecule has 1 unspecified atom stereocenters. The topological polar surface area (TPSA) is 91.2 Å². The largest absolute Gasteiger partial charge is 0.461 e. The van der Waals surface area contributed by atoms with Gasteiger partial charge in [0.15, 0.2) is 0 Å². The molecule has 0 radical (unpaired) electrons. The van der Waals surface area contributed by atoms with Crippen LogP contribution in [0.5, 0.6) is 0 Å². The van der Waals surface area contributed by atoms with Gasteiger partial charge in [0.2, 0.25) is 11.7 Å². The van der Waals surface area contributed by atoms with E-state index in [9.17, 15) is 4.79 Å². The number of aromatic nitrogens is 2. The van der Waals surface area contributed by atoms with Crippen LogP contribution in [-0.4, -0.2) is 28.8 Å². The maximum Gasteiger partial charge on any atom is 0.302 e. The third-order valence-electron chi connectivity index (χ3n) is 2.50. The fraction of sp³-hybridized carbons (Fsp3) is 0.308. The van der Waals surface area contributed by atoms with Crippen molar-refractivity contribution in [3.8, 4) is 11.4 Å². The van der Waals surface area contributed by atoms with E-state index in [0.29, 0.717) is 18.1 Å². The molecule has 1 aromatic carbocycles. The van der Waals surface area contributed by atoms with E-state index in [-0.39, 0.29) is 12.5 Å². The Balaban J connectivity index is 2.07. The van der Waals surface area contributed by atoms with Crippen molar-refractivity contribution >= 4 is 5.97 Å². The number of benzene rings is 1. The zero-order chi connectivity index (χ0) is 13.7. The number of nitrogens with two attached hydrogens (primary N) is 1. The Kier molecular flexibility index (Phi) is 4.25. The van der Waals surface area contributed by atoms with Gasteiger partial charge in [0.1, 0.15) is 6.10 Å². The molecule has 0 aliphatic heterocycles. The molecule has 6 nitrogen and oxygen atoms in total. The second-order valence-corrected chi connectivity index (χ2v) is 4.05. The summed E-state index contributed by atoms with van der Waals surface area (Å²) in [5.41, 5.74) is 6.39. The molecule has 1 atom stereocenters. The molecule has 0 saturated heterocycles. The predicted octanol–water partition coefficient (Wildman–Crippen LogP) is 1.17. The standard InChI is InChI=1S/C13H15N3O3/c1-9(17)18-11(8-14)7-12-15-13(16-19-12)10-5-3-2-4-6-10/h2-6,11H,7-8,14H2,1H3. The number of esters is 1. The molecule has 2 aromatic rings. The van der Waals surface area contributed by atoms with Gasteiger partial charge >= 0.3 is 5.97 Å². The van der Waals surface area contributed by atoms with Crippen LogP contribution in [0.2, 0.25) is 0 Å². The fourth-order valence-electron chi connectivity index (χ4n) is 1.64. The van der Waals surface area contributed by atoms with Crippen LogP contribution in [0.1, 0.15) is 12.8 Å². The Morgan fingerprint density at radius 1 is 1.42 bits per heavy atom. The highest BCUT2D eigenvalue weighted by Gasteiger charge is 2.16. The minimum atomic E-state index is -0.443. The van der Waals surface area contributed by atoms with E-state index >= 15 is 0 Å². The molecule has 0 aliphatic rings. The number of nitrogens with zero attached hydrogens (tertiary/aromatic N) is 2. The van der Waals surface area contributed by atoms with Crippen LogP contribution in [0.15, 0.2) is 34.9 Å². The summed E-state index contributed by atoms with van der Waals surface area (Å²) in [6.45, 7) is 1.55. The minimum Gasteiger partial charge on any atom is -0.461 e. The molecular formula is C13H15N3O3. The van der Waals surface area contributed by atoms with Crippen molar-refractivity contribution in [2.45, 2.75) is 19.4 Å². The first-order chi connectivity index (χ1) is 9.19. The Morgan fingerprint density at radius 3 is 2.79 bits per heavy atom. The predicted molar refractivity (Wildman–Crippen MR) is 68.0 cm³/mol. The van der Waals surface area contributed by atoms with Gasteiger partial charge in [-0.1, -0.05) is 35.5 Å². The summed E-state index contributed by atoms with van der Waals surface area (Å²) in [6, 6.07) is 9.48. The Bertz CT molecular complexity index is 539. The van der Waals surface area contributed by atoms with Gasteiger partial charge in [-0.2, -0.15) is 4.98 Å². The van der Waals surface area contributed by atoms with E-state index in [2.05, 4.69) is 10.1 Å². The second-order valence-electron chi connectivity index (χ2n) is 4.05. The molecule has 19 heavy (non-hydrogen) atoms. The van der Waals surface area contributed by atoms with E-state index < -0.39 is 6.10 Å². The molecule has 100 valence electrons. The van der Waals surface area contributed by atoms with Crippen molar-refractivity contribution in [3.05, 3.63) is 36.2 Å². The monoisotopic (exact) mass is 261 g/mol. The molecular weight excluding hydrogens is 246 g/mol. The zero-order valence-electron chi connectivity index (χ0n) is 10.6. The number of ether oxygens (including phenoxy) is 1. The van der Waals surface area contributed by atoms with E-state index in [4.69, 9.17) is 15.0 Å². The van der Waals surface area contributed by atoms with E-state index in [1.165, 1.54) is 6.92 Å². The number of hydrogen-bond acceptors (Lipinski definition) is 6. The van der Waals surface area contributed by atoms with Crippen molar-refractivity contribution in [3.63, 3.8) is 0 Å². The van der Waals surface area contributed by atoms with Crippen molar-refractivity contribution in [1.82, 2.24) is 10.1 Å². The Hall–Kier alpha value is -2.21. The molecule has 0 fully saturated rings. The van der Waals surface area contributed by atoms with Crippen LogP contribution in [0.25, 0.3) is 11.4 Å². The second kappa shape index (κ2) is 6.10. The highest BCUT2D eigenvalue weighted by Crippen LogP contribution is 2.15. The fourth-order valence-corrected chi connectivity index (χ4v) is 1.64. The van der Waals surface area contributed by atoms with Crippen molar-refractivity contribution in [2.75, 3.05) is 6.54 Å². The van der Waals surface area contributed by atoms with Crippen LogP contribution < -0.4 is 5.73 Å². The van der Waals surface area contributed by atoms with Crippen molar-refractivity contribution in [2.24, 2.45) is 5.73 Å². The third kappa shape index (κ3) is 3.62. The lowest BCUT2D eigenvalue weighted by molar-refractivity contribution is -0.145.